The summed E-state index contributed by atoms with van der Waals surface area (Å²) in [7, 11) is -3.34. The number of ether oxygens (including phenoxy) is 2. The SMILES string of the molecule is CCNC(=NCC(=O)OC(C)(C)C)N1CCN(S(=O)(=O)CCOC(C)C)CC1.I. The number of carbonyl (C=O) groups excluding carboxylic acids is 1. The molecule has 0 aromatic carbocycles. The van der Waals surface area contributed by atoms with E-state index < -0.39 is 21.6 Å². The summed E-state index contributed by atoms with van der Waals surface area (Å²) in [5.74, 6) is 0.181. The number of hydrogen-bond donors (Lipinski definition) is 1. The van der Waals surface area contributed by atoms with E-state index in [0.29, 0.717) is 38.7 Å². The lowest BCUT2D eigenvalue weighted by Crippen LogP contribution is -2.54. The number of hydrogen-bond acceptors (Lipinski definition) is 6. The molecule has 172 valence electrons. The van der Waals surface area contributed by atoms with Crippen molar-refractivity contribution in [3.05, 3.63) is 0 Å². The highest BCUT2D eigenvalue weighted by molar-refractivity contribution is 14.0. The summed E-state index contributed by atoms with van der Waals surface area (Å²) in [5, 5.41) is 3.15. The fourth-order valence-electron chi connectivity index (χ4n) is 2.64. The number of sulfonamides is 1. The van der Waals surface area contributed by atoms with Crippen molar-refractivity contribution in [3.63, 3.8) is 0 Å². The molecule has 0 saturated carbocycles. The molecule has 1 aliphatic rings. The largest absolute Gasteiger partial charge is 0.459 e. The standard InChI is InChI=1S/C18H36N4O5S.HI/c1-7-19-17(20-14-16(23)27-18(4,5)6)21-8-10-22(11-9-21)28(24,25)13-12-26-15(2)3;/h15H,7-14H2,1-6H3,(H,19,20);1H. The Bertz CT molecular complexity index is 627. The summed E-state index contributed by atoms with van der Waals surface area (Å²) < 4.78 is 37.0. The Kier molecular flexibility index (Phi) is 12.6. The third kappa shape index (κ3) is 11.3. The van der Waals surface area contributed by atoms with Crippen molar-refractivity contribution in [1.82, 2.24) is 14.5 Å². The van der Waals surface area contributed by atoms with Gasteiger partial charge in [-0.1, -0.05) is 0 Å². The van der Waals surface area contributed by atoms with Crippen molar-refractivity contribution in [2.24, 2.45) is 4.99 Å². The molecule has 29 heavy (non-hydrogen) atoms. The molecule has 1 aliphatic heterocycles. The molecule has 0 atom stereocenters. The number of halogens is 1. The van der Waals surface area contributed by atoms with Crippen LogP contribution >= 0.6 is 24.0 Å². The van der Waals surface area contributed by atoms with Crippen LogP contribution in [0.3, 0.4) is 0 Å². The van der Waals surface area contributed by atoms with Crippen molar-refractivity contribution in [3.8, 4) is 0 Å². The zero-order valence-electron chi connectivity index (χ0n) is 18.4. The summed E-state index contributed by atoms with van der Waals surface area (Å²) >= 11 is 0. The molecule has 1 fully saturated rings. The Morgan fingerprint density at radius 1 is 1.17 bits per heavy atom. The molecule has 0 amide bonds. The topological polar surface area (TPSA) is 101 Å². The summed E-state index contributed by atoms with van der Waals surface area (Å²) in [4.78, 5) is 18.2. The lowest BCUT2D eigenvalue weighted by atomic mass is 10.2. The molecule has 1 N–H and O–H groups in total. The fourth-order valence-corrected chi connectivity index (χ4v) is 3.92. The Balaban J connectivity index is 0.00000784. The quantitative estimate of drug-likeness (QED) is 0.211. The zero-order chi connectivity index (χ0) is 21.4. The maximum absolute atomic E-state index is 12.4. The lowest BCUT2D eigenvalue weighted by Gasteiger charge is -2.35. The average molecular weight is 548 g/mol. The van der Waals surface area contributed by atoms with Crippen LogP contribution in [0, 0.1) is 0 Å². The van der Waals surface area contributed by atoms with Gasteiger partial charge < -0.3 is 19.7 Å². The van der Waals surface area contributed by atoms with Gasteiger partial charge in [-0.2, -0.15) is 4.31 Å². The second-order valence-electron chi connectivity index (χ2n) is 7.88. The number of rotatable bonds is 8. The molecule has 0 unspecified atom stereocenters. The van der Waals surface area contributed by atoms with Gasteiger partial charge in [-0.05, 0) is 41.5 Å². The van der Waals surface area contributed by atoms with Gasteiger partial charge in [0.2, 0.25) is 10.0 Å². The monoisotopic (exact) mass is 548 g/mol. The van der Waals surface area contributed by atoms with E-state index in [1.807, 2.05) is 46.4 Å². The van der Waals surface area contributed by atoms with Crippen molar-refractivity contribution in [2.75, 3.05) is 51.6 Å². The minimum atomic E-state index is -3.34. The van der Waals surface area contributed by atoms with Crippen LogP contribution in [0.2, 0.25) is 0 Å². The van der Waals surface area contributed by atoms with Crippen LogP contribution in [0.4, 0.5) is 0 Å². The lowest BCUT2D eigenvalue weighted by molar-refractivity contribution is -0.152. The van der Waals surface area contributed by atoms with Crippen molar-refractivity contribution >= 4 is 45.9 Å². The second kappa shape index (κ2) is 12.9. The van der Waals surface area contributed by atoms with Crippen molar-refractivity contribution in [2.45, 2.75) is 53.2 Å². The molecule has 1 heterocycles. The minimum Gasteiger partial charge on any atom is -0.459 e. The smallest absolute Gasteiger partial charge is 0.328 e. The van der Waals surface area contributed by atoms with Crippen LogP contribution in [0.25, 0.3) is 0 Å². The molecule has 0 radical (unpaired) electrons. The second-order valence-corrected chi connectivity index (χ2v) is 9.97. The van der Waals surface area contributed by atoms with Crippen LogP contribution in [-0.4, -0.2) is 92.9 Å². The molecule has 9 nitrogen and oxygen atoms in total. The molecular formula is C18H37IN4O5S. The van der Waals surface area contributed by atoms with Gasteiger partial charge in [-0.15, -0.1) is 24.0 Å². The fraction of sp³-hybridized carbons (Fsp3) is 0.889. The first-order chi connectivity index (χ1) is 12.9. The van der Waals surface area contributed by atoms with Gasteiger partial charge in [0.05, 0.1) is 18.5 Å². The molecule has 1 saturated heterocycles. The van der Waals surface area contributed by atoms with Crippen LogP contribution in [0.1, 0.15) is 41.5 Å². The number of piperazine rings is 1. The van der Waals surface area contributed by atoms with Crippen molar-refractivity contribution in [1.29, 1.82) is 0 Å². The van der Waals surface area contributed by atoms with E-state index in [9.17, 15) is 13.2 Å². The molecule has 0 aromatic rings. The van der Waals surface area contributed by atoms with E-state index >= 15 is 0 Å². The number of esters is 1. The molecule has 1 rings (SSSR count). The number of guanidine groups is 1. The van der Waals surface area contributed by atoms with E-state index in [-0.39, 0.29) is 49.0 Å². The molecule has 0 spiro atoms. The molecule has 11 heteroatoms. The highest BCUT2D eigenvalue weighted by atomic mass is 127. The van der Waals surface area contributed by atoms with Crippen LogP contribution in [-0.2, 0) is 24.3 Å². The zero-order valence-corrected chi connectivity index (χ0v) is 21.6. The number of carbonyl (C=O) groups is 1. The third-order valence-electron chi connectivity index (χ3n) is 3.84. The third-order valence-corrected chi connectivity index (χ3v) is 5.67. The average Bonchev–Trinajstić information content (AvgIpc) is 2.56. The number of nitrogens with one attached hydrogen (secondary N) is 1. The van der Waals surface area contributed by atoms with Gasteiger partial charge in [-0.3, -0.25) is 4.79 Å². The highest BCUT2D eigenvalue weighted by Gasteiger charge is 2.28. The number of aliphatic imine (C=N–C) groups is 1. The van der Waals surface area contributed by atoms with E-state index in [1.165, 1.54) is 4.31 Å². The number of nitrogens with zero attached hydrogens (tertiary/aromatic N) is 3. The first kappa shape index (κ1) is 28.3. The van der Waals surface area contributed by atoms with Gasteiger partial charge in [0.25, 0.3) is 0 Å². The Morgan fingerprint density at radius 3 is 2.24 bits per heavy atom. The Morgan fingerprint density at radius 2 is 1.76 bits per heavy atom. The van der Waals surface area contributed by atoms with Crippen LogP contribution in [0.5, 0.6) is 0 Å². The van der Waals surface area contributed by atoms with Crippen LogP contribution < -0.4 is 5.32 Å². The maximum Gasteiger partial charge on any atom is 0.328 e. The predicted molar refractivity (Wildman–Crippen MR) is 125 cm³/mol. The maximum atomic E-state index is 12.4. The minimum absolute atomic E-state index is 0. The molecule has 0 aromatic heterocycles. The van der Waals surface area contributed by atoms with Gasteiger partial charge in [-0.25, -0.2) is 13.4 Å². The summed E-state index contributed by atoms with van der Waals surface area (Å²) in [5.41, 5.74) is -0.551. The van der Waals surface area contributed by atoms with Gasteiger partial charge in [0.1, 0.15) is 12.1 Å². The first-order valence-corrected chi connectivity index (χ1v) is 11.4. The van der Waals surface area contributed by atoms with E-state index in [1.54, 1.807) is 0 Å². The Hall–Kier alpha value is -0.660. The predicted octanol–water partition coefficient (Wildman–Crippen LogP) is 1.28. The summed E-state index contributed by atoms with van der Waals surface area (Å²) in [6, 6.07) is 0. The van der Waals surface area contributed by atoms with E-state index in [4.69, 9.17) is 9.47 Å². The van der Waals surface area contributed by atoms with Crippen LogP contribution in [0.15, 0.2) is 4.99 Å². The van der Waals surface area contributed by atoms with E-state index in [0.717, 1.165) is 0 Å². The van der Waals surface area contributed by atoms with E-state index in [2.05, 4.69) is 10.3 Å². The summed E-state index contributed by atoms with van der Waals surface area (Å²) in [6.07, 6.45) is 0.0101. The summed E-state index contributed by atoms with van der Waals surface area (Å²) in [6.45, 7) is 13.7. The molecular weight excluding hydrogens is 511 g/mol. The highest BCUT2D eigenvalue weighted by Crippen LogP contribution is 2.10. The Labute approximate surface area is 192 Å². The molecule has 0 bridgehead atoms. The van der Waals surface area contributed by atoms with Gasteiger partial charge in [0.15, 0.2) is 5.96 Å². The normalized spacial score (nSPS) is 16.5. The molecule has 0 aliphatic carbocycles. The van der Waals surface area contributed by atoms with Crippen molar-refractivity contribution < 1.29 is 22.7 Å². The van der Waals surface area contributed by atoms with Gasteiger partial charge >= 0.3 is 5.97 Å². The first-order valence-electron chi connectivity index (χ1n) is 9.79. The van der Waals surface area contributed by atoms with Gasteiger partial charge in [0, 0.05) is 32.7 Å².